The SMILES string of the molecule is O=C(NC1(c2ccc(Cl)cc2Cl)CC1)C1CCCO1. The summed E-state index contributed by atoms with van der Waals surface area (Å²) in [6, 6.07) is 5.42. The molecule has 0 aromatic heterocycles. The van der Waals surface area contributed by atoms with Crippen LogP contribution in [0.25, 0.3) is 0 Å². The molecule has 0 spiro atoms. The fourth-order valence-corrected chi connectivity index (χ4v) is 3.15. The van der Waals surface area contributed by atoms with Gasteiger partial charge in [0.2, 0.25) is 5.91 Å². The van der Waals surface area contributed by atoms with Crippen molar-refractivity contribution in [3.8, 4) is 0 Å². The number of amides is 1. The fourth-order valence-electron chi connectivity index (χ4n) is 2.57. The van der Waals surface area contributed by atoms with Gasteiger partial charge in [0.1, 0.15) is 6.10 Å². The number of nitrogens with one attached hydrogen (secondary N) is 1. The molecule has 1 aromatic rings. The molecular formula is C14H15Cl2NO2. The van der Waals surface area contributed by atoms with Gasteiger partial charge in [0.05, 0.1) is 5.54 Å². The lowest BCUT2D eigenvalue weighted by molar-refractivity contribution is -0.131. The summed E-state index contributed by atoms with van der Waals surface area (Å²) in [7, 11) is 0. The zero-order chi connectivity index (χ0) is 13.5. The summed E-state index contributed by atoms with van der Waals surface area (Å²) in [6.07, 6.45) is 3.27. The number of benzene rings is 1. The Bertz CT molecular complexity index is 508. The van der Waals surface area contributed by atoms with Gasteiger partial charge in [0.15, 0.2) is 0 Å². The molecule has 1 amide bonds. The average molecular weight is 300 g/mol. The van der Waals surface area contributed by atoms with E-state index in [0.29, 0.717) is 16.7 Å². The van der Waals surface area contributed by atoms with E-state index in [1.54, 1.807) is 12.1 Å². The molecule has 1 aliphatic heterocycles. The first-order valence-corrected chi connectivity index (χ1v) is 7.25. The van der Waals surface area contributed by atoms with Crippen LogP contribution in [0, 0.1) is 0 Å². The van der Waals surface area contributed by atoms with Crippen LogP contribution in [0.2, 0.25) is 10.0 Å². The predicted molar refractivity (Wildman–Crippen MR) is 74.5 cm³/mol. The summed E-state index contributed by atoms with van der Waals surface area (Å²) < 4.78 is 5.41. The van der Waals surface area contributed by atoms with Gasteiger partial charge in [-0.1, -0.05) is 29.3 Å². The smallest absolute Gasteiger partial charge is 0.249 e. The fraction of sp³-hybridized carbons (Fsp3) is 0.500. The minimum absolute atomic E-state index is 0.0268. The van der Waals surface area contributed by atoms with Crippen LogP contribution in [-0.4, -0.2) is 18.6 Å². The van der Waals surface area contributed by atoms with Crippen molar-refractivity contribution in [1.82, 2.24) is 5.32 Å². The normalized spacial score (nSPS) is 24.2. The Morgan fingerprint density at radius 3 is 2.74 bits per heavy atom. The van der Waals surface area contributed by atoms with Crippen molar-refractivity contribution in [3.63, 3.8) is 0 Å². The molecule has 1 unspecified atom stereocenters. The summed E-state index contributed by atoms with van der Waals surface area (Å²) in [4.78, 5) is 12.1. The van der Waals surface area contributed by atoms with Crippen LogP contribution in [0.15, 0.2) is 18.2 Å². The molecule has 1 saturated carbocycles. The van der Waals surface area contributed by atoms with E-state index in [4.69, 9.17) is 27.9 Å². The van der Waals surface area contributed by atoms with Gasteiger partial charge in [-0.15, -0.1) is 0 Å². The van der Waals surface area contributed by atoms with Crippen LogP contribution in [0.3, 0.4) is 0 Å². The Hall–Kier alpha value is -0.770. The Kier molecular flexibility index (Phi) is 3.46. The molecule has 1 atom stereocenters. The summed E-state index contributed by atoms with van der Waals surface area (Å²) in [6.45, 7) is 0.673. The van der Waals surface area contributed by atoms with Gasteiger partial charge < -0.3 is 10.1 Å². The second-order valence-electron chi connectivity index (χ2n) is 5.20. The summed E-state index contributed by atoms with van der Waals surface area (Å²) in [5.74, 6) is -0.0268. The number of hydrogen-bond donors (Lipinski definition) is 1. The first kappa shape index (κ1) is 13.2. The third kappa shape index (κ3) is 2.60. The van der Waals surface area contributed by atoms with Crippen molar-refractivity contribution in [2.45, 2.75) is 37.3 Å². The van der Waals surface area contributed by atoms with Gasteiger partial charge in [-0.3, -0.25) is 4.79 Å². The molecule has 3 rings (SSSR count). The van der Waals surface area contributed by atoms with Crippen LogP contribution in [0.1, 0.15) is 31.2 Å². The standard InChI is InChI=1S/C14H15Cl2NO2/c15-9-3-4-10(11(16)8-9)14(5-6-14)17-13(18)12-2-1-7-19-12/h3-4,8,12H,1-2,5-7H2,(H,17,18). The maximum Gasteiger partial charge on any atom is 0.249 e. The lowest BCUT2D eigenvalue weighted by Gasteiger charge is -2.21. The predicted octanol–water partition coefficient (Wildman–Crippen LogP) is 3.28. The highest BCUT2D eigenvalue weighted by Crippen LogP contribution is 2.48. The molecule has 1 heterocycles. The zero-order valence-electron chi connectivity index (χ0n) is 10.4. The molecule has 2 fully saturated rings. The quantitative estimate of drug-likeness (QED) is 0.930. The molecule has 2 aliphatic rings. The number of carbonyl (C=O) groups excluding carboxylic acids is 1. The molecule has 0 bridgehead atoms. The van der Waals surface area contributed by atoms with Crippen LogP contribution >= 0.6 is 23.2 Å². The van der Waals surface area contributed by atoms with Crippen molar-refractivity contribution in [2.24, 2.45) is 0 Å². The van der Waals surface area contributed by atoms with Gasteiger partial charge >= 0.3 is 0 Å². The molecular weight excluding hydrogens is 285 g/mol. The first-order valence-electron chi connectivity index (χ1n) is 6.50. The van der Waals surface area contributed by atoms with Gasteiger partial charge in [0, 0.05) is 16.7 Å². The average Bonchev–Trinajstić information content (AvgIpc) is 2.93. The molecule has 3 nitrogen and oxygen atoms in total. The van der Waals surface area contributed by atoms with Crippen LogP contribution in [0.4, 0.5) is 0 Å². The van der Waals surface area contributed by atoms with E-state index in [1.807, 2.05) is 6.07 Å². The number of halogens is 2. The van der Waals surface area contributed by atoms with Crippen LogP contribution < -0.4 is 5.32 Å². The molecule has 1 N–H and O–H groups in total. The third-order valence-corrected chi connectivity index (χ3v) is 4.33. The molecule has 19 heavy (non-hydrogen) atoms. The Morgan fingerprint density at radius 1 is 1.37 bits per heavy atom. The van der Waals surface area contributed by atoms with E-state index in [0.717, 1.165) is 31.2 Å². The number of hydrogen-bond acceptors (Lipinski definition) is 2. The molecule has 1 aliphatic carbocycles. The maximum atomic E-state index is 12.1. The second-order valence-corrected chi connectivity index (χ2v) is 6.04. The van der Waals surface area contributed by atoms with Gasteiger partial charge in [-0.05, 0) is 43.4 Å². The summed E-state index contributed by atoms with van der Waals surface area (Å²) in [5, 5.41) is 4.31. The molecule has 1 aromatic carbocycles. The minimum Gasteiger partial charge on any atom is -0.368 e. The number of carbonyl (C=O) groups is 1. The molecule has 0 radical (unpaired) electrons. The monoisotopic (exact) mass is 299 g/mol. The van der Waals surface area contributed by atoms with Crippen molar-refractivity contribution in [1.29, 1.82) is 0 Å². The van der Waals surface area contributed by atoms with E-state index in [9.17, 15) is 4.79 Å². The highest BCUT2D eigenvalue weighted by atomic mass is 35.5. The van der Waals surface area contributed by atoms with E-state index < -0.39 is 0 Å². The third-order valence-electron chi connectivity index (χ3n) is 3.78. The van der Waals surface area contributed by atoms with Gasteiger partial charge in [0.25, 0.3) is 0 Å². The highest BCUT2D eigenvalue weighted by molar-refractivity contribution is 6.35. The van der Waals surface area contributed by atoms with E-state index >= 15 is 0 Å². The van der Waals surface area contributed by atoms with E-state index in [2.05, 4.69) is 5.32 Å². The van der Waals surface area contributed by atoms with Gasteiger partial charge in [-0.2, -0.15) is 0 Å². The first-order chi connectivity index (χ1) is 9.11. The number of rotatable bonds is 3. The topological polar surface area (TPSA) is 38.3 Å². The summed E-state index contributed by atoms with van der Waals surface area (Å²) in [5.41, 5.74) is 0.634. The Balaban J connectivity index is 1.77. The zero-order valence-corrected chi connectivity index (χ0v) is 11.9. The lowest BCUT2D eigenvalue weighted by atomic mass is 10.0. The Morgan fingerprint density at radius 2 is 2.16 bits per heavy atom. The van der Waals surface area contributed by atoms with E-state index in [1.165, 1.54) is 0 Å². The molecule has 1 saturated heterocycles. The summed E-state index contributed by atoms with van der Waals surface area (Å²) >= 11 is 12.1. The number of ether oxygens (including phenoxy) is 1. The highest BCUT2D eigenvalue weighted by Gasteiger charge is 2.48. The second kappa shape index (κ2) is 4.97. The van der Waals surface area contributed by atoms with Crippen LogP contribution in [0.5, 0.6) is 0 Å². The van der Waals surface area contributed by atoms with E-state index in [-0.39, 0.29) is 17.6 Å². The van der Waals surface area contributed by atoms with Gasteiger partial charge in [-0.25, -0.2) is 0 Å². The van der Waals surface area contributed by atoms with Crippen molar-refractivity contribution in [3.05, 3.63) is 33.8 Å². The molecule has 5 heteroatoms. The Labute approximate surface area is 122 Å². The largest absolute Gasteiger partial charge is 0.368 e. The molecule has 102 valence electrons. The maximum absolute atomic E-state index is 12.1. The van der Waals surface area contributed by atoms with Crippen LogP contribution in [-0.2, 0) is 15.1 Å². The van der Waals surface area contributed by atoms with Crippen molar-refractivity contribution < 1.29 is 9.53 Å². The van der Waals surface area contributed by atoms with Crippen molar-refractivity contribution in [2.75, 3.05) is 6.61 Å². The lowest BCUT2D eigenvalue weighted by Crippen LogP contribution is -2.41. The van der Waals surface area contributed by atoms with Crippen molar-refractivity contribution >= 4 is 29.1 Å². The minimum atomic E-state index is -0.315.